The van der Waals surface area contributed by atoms with Gasteiger partial charge in [-0.2, -0.15) is 5.26 Å². The van der Waals surface area contributed by atoms with Crippen LogP contribution < -0.4 is 4.74 Å². The van der Waals surface area contributed by atoms with Crippen molar-refractivity contribution in [3.63, 3.8) is 0 Å². The van der Waals surface area contributed by atoms with E-state index in [0.29, 0.717) is 0 Å². The van der Waals surface area contributed by atoms with Crippen LogP contribution in [0.3, 0.4) is 0 Å². The number of ether oxygens (including phenoxy) is 3. The number of hydrogen-bond donors (Lipinski definition) is 0. The number of nitriles is 1. The van der Waals surface area contributed by atoms with E-state index in [1.165, 1.54) is 7.11 Å². The Morgan fingerprint density at radius 3 is 1.85 bits per heavy atom. The van der Waals surface area contributed by atoms with Gasteiger partial charge >= 0.3 is 11.9 Å². The Morgan fingerprint density at radius 2 is 1.50 bits per heavy atom. The number of benzene rings is 1. The van der Waals surface area contributed by atoms with Gasteiger partial charge in [0, 0.05) is 5.56 Å². The highest BCUT2D eigenvalue weighted by atomic mass is 19.1. The lowest BCUT2D eigenvalue weighted by molar-refractivity contribution is -0.169. The van der Waals surface area contributed by atoms with E-state index in [4.69, 9.17) is 19.5 Å². The molecule has 1 rings (SSSR count). The largest absolute Gasteiger partial charge is 0.495 e. The minimum absolute atomic E-state index is 0.0426. The van der Waals surface area contributed by atoms with Crippen LogP contribution in [-0.2, 0) is 19.1 Å². The van der Waals surface area contributed by atoms with Crippen LogP contribution in [0.2, 0.25) is 0 Å². The number of halogens is 1. The van der Waals surface area contributed by atoms with Gasteiger partial charge in [-0.1, -0.05) is 0 Å². The molecule has 0 aliphatic heterocycles. The van der Waals surface area contributed by atoms with Gasteiger partial charge in [0.05, 0.1) is 12.7 Å². The standard InChI is InChI=1S/C19H24FNO5/c1-18(2,3)25-16(22)15(17(23)26-19(4,5)6)12-9-14(24-7)11(10-21)8-13(12)20/h8-9,15H,1-7H3. The first-order valence-corrected chi connectivity index (χ1v) is 8.02. The van der Waals surface area contributed by atoms with Crippen LogP contribution in [0.1, 0.15) is 58.6 Å². The number of carbonyl (C=O) groups excluding carboxylic acids is 2. The molecule has 0 bridgehead atoms. The monoisotopic (exact) mass is 365 g/mol. The second-order valence-electron chi connectivity index (χ2n) is 7.69. The average Bonchev–Trinajstić information content (AvgIpc) is 2.44. The number of carbonyl (C=O) groups is 2. The average molecular weight is 365 g/mol. The first-order chi connectivity index (χ1) is 11.8. The Balaban J connectivity index is 3.48. The van der Waals surface area contributed by atoms with Crippen molar-refractivity contribution in [2.45, 2.75) is 58.7 Å². The van der Waals surface area contributed by atoms with Crippen LogP contribution in [0.25, 0.3) is 0 Å². The summed E-state index contributed by atoms with van der Waals surface area (Å²) in [4.78, 5) is 25.2. The van der Waals surface area contributed by atoms with E-state index in [2.05, 4.69) is 0 Å². The fourth-order valence-electron chi connectivity index (χ4n) is 2.12. The minimum atomic E-state index is -1.64. The van der Waals surface area contributed by atoms with Crippen LogP contribution in [0, 0.1) is 17.1 Å². The molecule has 1 aromatic rings. The first kappa shape index (κ1) is 21.4. The van der Waals surface area contributed by atoms with Gasteiger partial charge in [-0.05, 0) is 53.7 Å². The quantitative estimate of drug-likeness (QED) is 0.600. The maximum absolute atomic E-state index is 14.6. The molecule has 0 unspecified atom stereocenters. The molecule has 142 valence electrons. The molecule has 26 heavy (non-hydrogen) atoms. The third-order valence-electron chi connectivity index (χ3n) is 3.04. The van der Waals surface area contributed by atoms with Crippen molar-refractivity contribution in [1.82, 2.24) is 0 Å². The third kappa shape index (κ3) is 5.73. The van der Waals surface area contributed by atoms with Gasteiger partial charge in [-0.15, -0.1) is 0 Å². The van der Waals surface area contributed by atoms with E-state index in [9.17, 15) is 14.0 Å². The zero-order valence-corrected chi connectivity index (χ0v) is 16.1. The SMILES string of the molecule is COc1cc(C(C(=O)OC(C)(C)C)C(=O)OC(C)(C)C)c(F)cc1C#N. The normalized spacial score (nSPS) is 11.7. The van der Waals surface area contributed by atoms with Crippen molar-refractivity contribution in [2.24, 2.45) is 0 Å². The number of nitrogens with zero attached hydrogens (tertiary/aromatic N) is 1. The van der Waals surface area contributed by atoms with Crippen molar-refractivity contribution in [3.8, 4) is 11.8 Å². The van der Waals surface area contributed by atoms with Crippen LogP contribution in [0.5, 0.6) is 5.75 Å². The number of esters is 2. The summed E-state index contributed by atoms with van der Waals surface area (Å²) in [6.45, 7) is 9.79. The molecule has 0 saturated carbocycles. The molecule has 0 atom stereocenters. The van der Waals surface area contributed by atoms with E-state index in [1.807, 2.05) is 0 Å². The van der Waals surface area contributed by atoms with Gasteiger partial charge in [0.2, 0.25) is 0 Å². The summed E-state index contributed by atoms with van der Waals surface area (Å²) in [6, 6.07) is 3.85. The summed E-state index contributed by atoms with van der Waals surface area (Å²) in [5.41, 5.74) is -2.10. The van der Waals surface area contributed by atoms with Crippen molar-refractivity contribution < 1.29 is 28.2 Å². The van der Waals surface area contributed by atoms with Gasteiger partial charge in [0.15, 0.2) is 5.92 Å². The fourth-order valence-corrected chi connectivity index (χ4v) is 2.12. The molecule has 6 nitrogen and oxygen atoms in total. The fraction of sp³-hybridized carbons (Fsp3) is 0.526. The molecular formula is C19H24FNO5. The number of rotatable bonds is 4. The molecule has 0 aromatic heterocycles. The highest BCUT2D eigenvalue weighted by Crippen LogP contribution is 2.31. The summed E-state index contributed by atoms with van der Waals surface area (Å²) in [6.07, 6.45) is 0. The van der Waals surface area contributed by atoms with E-state index in [1.54, 1.807) is 47.6 Å². The molecule has 1 aromatic carbocycles. The molecule has 0 saturated heterocycles. The molecule has 0 aliphatic carbocycles. The molecule has 0 N–H and O–H groups in total. The Bertz CT molecular complexity index is 710. The topological polar surface area (TPSA) is 85.6 Å². The summed E-state index contributed by atoms with van der Waals surface area (Å²) < 4.78 is 30.1. The number of methoxy groups -OCH3 is 1. The van der Waals surface area contributed by atoms with Gasteiger partial charge in [-0.25, -0.2) is 4.39 Å². The van der Waals surface area contributed by atoms with Crippen LogP contribution in [0.4, 0.5) is 4.39 Å². The Hall–Kier alpha value is -2.62. The number of hydrogen-bond acceptors (Lipinski definition) is 6. The van der Waals surface area contributed by atoms with Gasteiger partial charge in [0.25, 0.3) is 0 Å². The van der Waals surface area contributed by atoms with Gasteiger partial charge in [-0.3, -0.25) is 9.59 Å². The summed E-state index contributed by atoms with van der Waals surface area (Å²) in [7, 11) is 1.30. The van der Waals surface area contributed by atoms with Crippen LogP contribution in [-0.4, -0.2) is 30.3 Å². The zero-order valence-electron chi connectivity index (χ0n) is 16.1. The maximum Gasteiger partial charge on any atom is 0.325 e. The van der Waals surface area contributed by atoms with Crippen molar-refractivity contribution >= 4 is 11.9 Å². The van der Waals surface area contributed by atoms with Crippen molar-refractivity contribution in [2.75, 3.05) is 7.11 Å². The summed E-state index contributed by atoms with van der Waals surface area (Å²) in [5, 5.41) is 9.05. The lowest BCUT2D eigenvalue weighted by Gasteiger charge is -2.26. The molecule has 0 aliphatic rings. The van der Waals surface area contributed by atoms with E-state index < -0.39 is 34.9 Å². The molecule has 0 radical (unpaired) electrons. The Labute approximate surface area is 152 Å². The molecule has 7 heteroatoms. The second-order valence-corrected chi connectivity index (χ2v) is 7.69. The lowest BCUT2D eigenvalue weighted by atomic mass is 9.96. The van der Waals surface area contributed by atoms with E-state index in [0.717, 1.165) is 12.1 Å². The molecular weight excluding hydrogens is 341 g/mol. The van der Waals surface area contributed by atoms with E-state index >= 15 is 0 Å². The second kappa shape index (κ2) is 7.73. The molecule has 0 amide bonds. The van der Waals surface area contributed by atoms with Crippen molar-refractivity contribution in [1.29, 1.82) is 5.26 Å². The van der Waals surface area contributed by atoms with Crippen molar-refractivity contribution in [3.05, 3.63) is 29.1 Å². The molecule has 0 heterocycles. The Kier molecular flexibility index (Phi) is 6.37. The molecule has 0 spiro atoms. The summed E-state index contributed by atoms with van der Waals surface area (Å²) in [5.74, 6) is -4.39. The third-order valence-corrected chi connectivity index (χ3v) is 3.04. The predicted octanol–water partition coefficient (Wildman–Crippen LogP) is 3.47. The summed E-state index contributed by atoms with van der Waals surface area (Å²) >= 11 is 0. The highest BCUT2D eigenvalue weighted by Gasteiger charge is 2.38. The molecule has 0 fully saturated rings. The highest BCUT2D eigenvalue weighted by molar-refractivity contribution is 6.01. The smallest absolute Gasteiger partial charge is 0.325 e. The predicted molar refractivity (Wildman–Crippen MR) is 92.1 cm³/mol. The Morgan fingerprint density at radius 1 is 1.04 bits per heavy atom. The minimum Gasteiger partial charge on any atom is -0.495 e. The lowest BCUT2D eigenvalue weighted by Crippen LogP contribution is -2.36. The van der Waals surface area contributed by atoms with Gasteiger partial charge < -0.3 is 14.2 Å². The van der Waals surface area contributed by atoms with E-state index in [-0.39, 0.29) is 16.9 Å². The maximum atomic E-state index is 14.6. The van der Waals surface area contributed by atoms with Crippen LogP contribution >= 0.6 is 0 Å². The van der Waals surface area contributed by atoms with Gasteiger partial charge in [0.1, 0.15) is 28.8 Å². The van der Waals surface area contributed by atoms with Crippen LogP contribution in [0.15, 0.2) is 12.1 Å². The first-order valence-electron chi connectivity index (χ1n) is 8.02. The zero-order chi connectivity index (χ0) is 20.3.